The van der Waals surface area contributed by atoms with E-state index in [-0.39, 0.29) is 16.6 Å². The van der Waals surface area contributed by atoms with E-state index >= 15 is 0 Å². The first-order valence-electron chi connectivity index (χ1n) is 11.6. The standard InChI is InChI=1S/C27H26ClNO5S/c28-23-6-2-1-5-22(23)27(31)13-15-29(16-14-27)26(30)21-10-8-19(9-11-21)18-35(32,33)24-7-3-4-20-12-17-34-25(20)24/h1-11,31H,12-18H2. The number of aliphatic hydroxyl groups is 1. The van der Waals surface area contributed by atoms with E-state index in [2.05, 4.69) is 0 Å². The average Bonchev–Trinajstić information content (AvgIpc) is 3.33. The first kappa shape index (κ1) is 23.9. The Kier molecular flexibility index (Phi) is 6.34. The molecule has 1 fully saturated rings. The van der Waals surface area contributed by atoms with Crippen LogP contribution in [0.15, 0.2) is 71.6 Å². The van der Waals surface area contributed by atoms with Gasteiger partial charge in [0.05, 0.1) is 18.0 Å². The van der Waals surface area contributed by atoms with Crippen LogP contribution < -0.4 is 4.74 Å². The molecule has 2 heterocycles. The van der Waals surface area contributed by atoms with E-state index in [1.807, 2.05) is 24.3 Å². The lowest BCUT2D eigenvalue weighted by Gasteiger charge is -2.39. The van der Waals surface area contributed by atoms with Crippen LogP contribution in [0.2, 0.25) is 5.02 Å². The highest BCUT2D eigenvalue weighted by atomic mass is 35.5. The molecule has 0 spiro atoms. The van der Waals surface area contributed by atoms with Gasteiger partial charge in [0.15, 0.2) is 9.84 Å². The molecule has 0 unspecified atom stereocenters. The van der Waals surface area contributed by atoms with Gasteiger partial charge in [0.2, 0.25) is 0 Å². The van der Waals surface area contributed by atoms with Crippen molar-refractivity contribution in [2.45, 2.75) is 35.5 Å². The first-order chi connectivity index (χ1) is 16.8. The number of nitrogens with zero attached hydrogens (tertiary/aromatic N) is 1. The topological polar surface area (TPSA) is 83.9 Å². The SMILES string of the molecule is O=C(c1ccc(CS(=O)(=O)c2cccc3c2OCC3)cc1)N1CCC(O)(c2ccccc2Cl)CC1. The third-order valence-corrected chi connectivity index (χ3v) is 8.86. The third kappa shape index (κ3) is 4.68. The predicted octanol–water partition coefficient (Wildman–Crippen LogP) is 4.37. The smallest absolute Gasteiger partial charge is 0.253 e. The number of sulfone groups is 1. The summed E-state index contributed by atoms with van der Waals surface area (Å²) in [6.45, 7) is 1.29. The van der Waals surface area contributed by atoms with Crippen LogP contribution in [0.5, 0.6) is 5.75 Å². The second-order valence-corrected chi connectivity index (χ2v) is 11.5. The van der Waals surface area contributed by atoms with Crippen molar-refractivity contribution in [2.24, 2.45) is 0 Å². The Labute approximate surface area is 210 Å². The van der Waals surface area contributed by atoms with Gasteiger partial charge in [-0.05, 0) is 48.2 Å². The van der Waals surface area contributed by atoms with Gasteiger partial charge >= 0.3 is 0 Å². The molecule has 3 aromatic rings. The molecule has 182 valence electrons. The fraction of sp³-hybridized carbons (Fsp3) is 0.296. The third-order valence-electron chi connectivity index (χ3n) is 6.82. The molecule has 1 N–H and O–H groups in total. The molecule has 0 aliphatic carbocycles. The lowest BCUT2D eigenvalue weighted by Crippen LogP contribution is -2.45. The molecule has 35 heavy (non-hydrogen) atoms. The summed E-state index contributed by atoms with van der Waals surface area (Å²) in [5, 5.41) is 11.6. The second-order valence-electron chi connectivity index (χ2n) is 9.10. The fourth-order valence-corrected chi connectivity index (χ4v) is 6.70. The first-order valence-corrected chi connectivity index (χ1v) is 13.6. The molecule has 1 saturated heterocycles. The predicted molar refractivity (Wildman–Crippen MR) is 133 cm³/mol. The van der Waals surface area contributed by atoms with Crippen LogP contribution in [-0.2, 0) is 27.6 Å². The van der Waals surface area contributed by atoms with Gasteiger partial charge in [-0.1, -0.05) is 54.1 Å². The number of hydrogen-bond donors (Lipinski definition) is 1. The van der Waals surface area contributed by atoms with Crippen molar-refractivity contribution in [3.05, 3.63) is 94.0 Å². The summed E-state index contributed by atoms with van der Waals surface area (Å²) in [5.41, 5.74) is 1.63. The maximum atomic E-state index is 13.0. The lowest BCUT2D eigenvalue weighted by atomic mass is 9.84. The van der Waals surface area contributed by atoms with Gasteiger partial charge in [0.25, 0.3) is 5.91 Å². The van der Waals surface area contributed by atoms with Crippen LogP contribution in [0, 0.1) is 0 Å². The normalized spacial score (nSPS) is 17.0. The monoisotopic (exact) mass is 511 g/mol. The van der Waals surface area contributed by atoms with Crippen molar-refractivity contribution in [1.29, 1.82) is 0 Å². The molecule has 0 saturated carbocycles. The second kappa shape index (κ2) is 9.30. The number of fused-ring (bicyclic) bond motifs is 1. The summed E-state index contributed by atoms with van der Waals surface area (Å²) in [6.07, 6.45) is 1.49. The number of carbonyl (C=O) groups excluding carboxylic acids is 1. The molecule has 8 heteroatoms. The minimum Gasteiger partial charge on any atom is -0.492 e. The molecule has 0 radical (unpaired) electrons. The Morgan fingerprint density at radius 2 is 1.71 bits per heavy atom. The molecule has 5 rings (SSSR count). The summed E-state index contributed by atoms with van der Waals surface area (Å²) in [4.78, 5) is 15.0. The Bertz CT molecular complexity index is 1360. The maximum Gasteiger partial charge on any atom is 0.253 e. The molecule has 2 aliphatic heterocycles. The van der Waals surface area contributed by atoms with Gasteiger partial charge in [-0.3, -0.25) is 4.79 Å². The van der Waals surface area contributed by atoms with Gasteiger partial charge in [0, 0.05) is 35.7 Å². The lowest BCUT2D eigenvalue weighted by molar-refractivity contribution is -0.0210. The van der Waals surface area contributed by atoms with Crippen molar-refractivity contribution in [3.63, 3.8) is 0 Å². The number of rotatable bonds is 5. The summed E-state index contributed by atoms with van der Waals surface area (Å²) >= 11 is 6.28. The number of likely N-dealkylation sites (tertiary alicyclic amines) is 1. The zero-order chi connectivity index (χ0) is 24.6. The van der Waals surface area contributed by atoms with Crippen LogP contribution in [-0.4, -0.2) is 44.0 Å². The van der Waals surface area contributed by atoms with Crippen molar-refractivity contribution >= 4 is 27.3 Å². The zero-order valence-electron chi connectivity index (χ0n) is 19.1. The molecular formula is C27H26ClNO5S. The molecule has 2 aliphatic rings. The van der Waals surface area contributed by atoms with Crippen LogP contribution in [0.25, 0.3) is 0 Å². The van der Waals surface area contributed by atoms with Crippen molar-refractivity contribution in [3.8, 4) is 5.75 Å². The number of halogens is 1. The fourth-order valence-electron chi connectivity index (χ4n) is 4.84. The Morgan fingerprint density at radius 3 is 2.43 bits per heavy atom. The summed E-state index contributed by atoms with van der Waals surface area (Å²) in [5.74, 6) is 0.145. The number of piperidine rings is 1. The minimum atomic E-state index is -3.59. The molecule has 6 nitrogen and oxygen atoms in total. The van der Waals surface area contributed by atoms with Gasteiger partial charge < -0.3 is 14.7 Å². The van der Waals surface area contributed by atoms with Crippen molar-refractivity contribution in [2.75, 3.05) is 19.7 Å². The van der Waals surface area contributed by atoms with E-state index in [1.165, 1.54) is 0 Å². The molecule has 3 aromatic carbocycles. The largest absolute Gasteiger partial charge is 0.492 e. The highest BCUT2D eigenvalue weighted by molar-refractivity contribution is 7.90. The molecule has 1 amide bonds. The van der Waals surface area contributed by atoms with E-state index in [0.29, 0.717) is 66.4 Å². The van der Waals surface area contributed by atoms with Crippen LogP contribution in [0.4, 0.5) is 0 Å². The highest BCUT2D eigenvalue weighted by Crippen LogP contribution is 2.37. The van der Waals surface area contributed by atoms with Gasteiger partial charge in [0.1, 0.15) is 10.6 Å². The number of ether oxygens (including phenoxy) is 1. The number of benzene rings is 3. The summed E-state index contributed by atoms with van der Waals surface area (Å²) in [6, 6.07) is 19.1. The Hall–Kier alpha value is -2.87. The average molecular weight is 512 g/mol. The van der Waals surface area contributed by atoms with Crippen LogP contribution in [0.3, 0.4) is 0 Å². The minimum absolute atomic E-state index is 0.144. The number of hydrogen-bond acceptors (Lipinski definition) is 5. The maximum absolute atomic E-state index is 13.0. The van der Waals surface area contributed by atoms with Gasteiger partial charge in [-0.2, -0.15) is 0 Å². The van der Waals surface area contributed by atoms with Crippen molar-refractivity contribution in [1.82, 2.24) is 4.90 Å². The Balaban J connectivity index is 1.25. The van der Waals surface area contributed by atoms with E-state index in [4.69, 9.17) is 16.3 Å². The molecular weight excluding hydrogens is 486 g/mol. The van der Waals surface area contributed by atoms with Crippen LogP contribution in [0.1, 0.15) is 39.9 Å². The zero-order valence-corrected chi connectivity index (χ0v) is 20.7. The summed E-state index contributed by atoms with van der Waals surface area (Å²) < 4.78 is 31.6. The van der Waals surface area contributed by atoms with Gasteiger partial charge in [-0.25, -0.2) is 8.42 Å². The number of amides is 1. The van der Waals surface area contributed by atoms with Crippen LogP contribution >= 0.6 is 11.6 Å². The molecule has 0 atom stereocenters. The molecule has 0 aromatic heterocycles. The van der Waals surface area contributed by atoms with E-state index in [1.54, 1.807) is 47.4 Å². The Morgan fingerprint density at radius 1 is 1.00 bits per heavy atom. The van der Waals surface area contributed by atoms with E-state index < -0.39 is 15.4 Å². The summed E-state index contributed by atoms with van der Waals surface area (Å²) in [7, 11) is -3.59. The van der Waals surface area contributed by atoms with E-state index in [0.717, 1.165) is 5.56 Å². The van der Waals surface area contributed by atoms with Gasteiger partial charge in [-0.15, -0.1) is 0 Å². The highest BCUT2D eigenvalue weighted by Gasteiger charge is 2.37. The number of carbonyl (C=O) groups is 1. The van der Waals surface area contributed by atoms with Crippen molar-refractivity contribution < 1.29 is 23.1 Å². The van der Waals surface area contributed by atoms with E-state index in [9.17, 15) is 18.3 Å². The molecule has 0 bridgehead atoms. The number of para-hydroxylation sites is 1. The quantitative estimate of drug-likeness (QED) is 0.550.